The molecular formula is C20H25ClN2O4S. The second kappa shape index (κ2) is 9.91. The van der Waals surface area contributed by atoms with E-state index in [-0.39, 0.29) is 24.3 Å². The van der Waals surface area contributed by atoms with Crippen molar-refractivity contribution in [3.05, 3.63) is 45.8 Å². The van der Waals surface area contributed by atoms with E-state index < -0.39 is 0 Å². The van der Waals surface area contributed by atoms with Crippen LogP contribution in [0.25, 0.3) is 0 Å². The van der Waals surface area contributed by atoms with E-state index in [4.69, 9.17) is 9.47 Å². The molecule has 0 unspecified atom stereocenters. The molecule has 6 nitrogen and oxygen atoms in total. The average molecular weight is 425 g/mol. The number of nitrogens with zero attached hydrogens (tertiary/aromatic N) is 1. The van der Waals surface area contributed by atoms with Crippen molar-refractivity contribution in [3.63, 3.8) is 0 Å². The van der Waals surface area contributed by atoms with E-state index in [2.05, 4.69) is 10.2 Å². The molecule has 1 aromatic carbocycles. The third-order valence-electron chi connectivity index (χ3n) is 4.38. The number of amides is 1. The highest BCUT2D eigenvalue weighted by Gasteiger charge is 2.28. The molecular weight excluding hydrogens is 400 g/mol. The minimum absolute atomic E-state index is 0. The molecule has 0 saturated carbocycles. The molecule has 0 fully saturated rings. The first kappa shape index (κ1) is 22.2. The Balaban J connectivity index is 0.00000280. The summed E-state index contributed by atoms with van der Waals surface area (Å²) in [5, 5.41) is 3.47. The molecule has 2 heterocycles. The van der Waals surface area contributed by atoms with Gasteiger partial charge in [-0.2, -0.15) is 0 Å². The summed E-state index contributed by atoms with van der Waals surface area (Å²) in [5.41, 5.74) is 2.01. The molecule has 1 aliphatic heterocycles. The number of fused-ring (bicyclic) bond motifs is 1. The van der Waals surface area contributed by atoms with Gasteiger partial charge in [-0.1, -0.05) is 0 Å². The van der Waals surface area contributed by atoms with Crippen molar-refractivity contribution in [2.45, 2.75) is 26.8 Å². The zero-order valence-corrected chi connectivity index (χ0v) is 17.9. The molecule has 3 rings (SSSR count). The summed E-state index contributed by atoms with van der Waals surface area (Å²) in [5.74, 6) is 0.0907. The van der Waals surface area contributed by atoms with Gasteiger partial charge < -0.3 is 19.7 Å². The average Bonchev–Trinajstić information content (AvgIpc) is 2.99. The highest BCUT2D eigenvalue weighted by atomic mass is 35.5. The van der Waals surface area contributed by atoms with Crippen LogP contribution in [0.3, 0.4) is 0 Å². The van der Waals surface area contributed by atoms with Crippen molar-refractivity contribution < 1.29 is 19.1 Å². The van der Waals surface area contributed by atoms with Crippen LogP contribution >= 0.6 is 23.7 Å². The van der Waals surface area contributed by atoms with Gasteiger partial charge in [0.25, 0.3) is 5.91 Å². The van der Waals surface area contributed by atoms with Crippen molar-refractivity contribution >= 4 is 40.6 Å². The molecule has 8 heteroatoms. The second-order valence-electron chi connectivity index (χ2n) is 6.33. The number of esters is 1. The Morgan fingerprint density at radius 2 is 1.89 bits per heavy atom. The van der Waals surface area contributed by atoms with Crippen molar-refractivity contribution in [2.24, 2.45) is 0 Å². The Bertz CT molecular complexity index is 835. The number of benzene rings is 1. The highest BCUT2D eigenvalue weighted by Crippen LogP contribution is 2.37. The number of thiophene rings is 1. The van der Waals surface area contributed by atoms with Crippen LogP contribution in [0.2, 0.25) is 0 Å². The molecule has 1 aromatic heterocycles. The van der Waals surface area contributed by atoms with E-state index in [1.165, 1.54) is 11.3 Å². The highest BCUT2D eigenvalue weighted by molar-refractivity contribution is 7.17. The van der Waals surface area contributed by atoms with Gasteiger partial charge in [-0.05, 0) is 57.1 Å². The van der Waals surface area contributed by atoms with E-state index in [1.807, 2.05) is 14.0 Å². The third kappa shape index (κ3) is 4.84. The largest absolute Gasteiger partial charge is 0.494 e. The van der Waals surface area contributed by atoms with Crippen LogP contribution in [0.4, 0.5) is 5.00 Å². The lowest BCUT2D eigenvalue weighted by Crippen LogP contribution is -2.26. The van der Waals surface area contributed by atoms with Gasteiger partial charge in [-0.3, -0.25) is 4.79 Å². The predicted molar refractivity (Wildman–Crippen MR) is 113 cm³/mol. The van der Waals surface area contributed by atoms with E-state index in [9.17, 15) is 9.59 Å². The Labute approximate surface area is 175 Å². The minimum Gasteiger partial charge on any atom is -0.494 e. The first-order chi connectivity index (χ1) is 13.0. The molecule has 1 aliphatic rings. The van der Waals surface area contributed by atoms with E-state index >= 15 is 0 Å². The van der Waals surface area contributed by atoms with Gasteiger partial charge in [-0.15, -0.1) is 23.7 Å². The number of halogens is 1. The van der Waals surface area contributed by atoms with Crippen molar-refractivity contribution in [2.75, 3.05) is 32.1 Å². The van der Waals surface area contributed by atoms with Crippen molar-refractivity contribution in [3.8, 4) is 5.75 Å². The topological polar surface area (TPSA) is 67.9 Å². The van der Waals surface area contributed by atoms with Crippen LogP contribution < -0.4 is 10.1 Å². The lowest BCUT2D eigenvalue weighted by Gasteiger charge is -2.22. The summed E-state index contributed by atoms with van der Waals surface area (Å²) in [6, 6.07) is 6.95. The van der Waals surface area contributed by atoms with Crippen LogP contribution in [-0.4, -0.2) is 43.6 Å². The number of hydrogen-bond donors (Lipinski definition) is 1. The first-order valence-electron chi connectivity index (χ1n) is 9.07. The fraction of sp³-hybridized carbons (Fsp3) is 0.400. The summed E-state index contributed by atoms with van der Waals surface area (Å²) in [4.78, 5) is 28.5. The molecule has 0 bridgehead atoms. The quantitative estimate of drug-likeness (QED) is 0.710. The van der Waals surface area contributed by atoms with Gasteiger partial charge in [0.05, 0.1) is 18.8 Å². The summed E-state index contributed by atoms with van der Waals surface area (Å²) in [7, 11) is 2.05. The summed E-state index contributed by atoms with van der Waals surface area (Å²) in [6.07, 6.45) is 0.773. The molecule has 2 aromatic rings. The number of nitrogens with one attached hydrogen (secondary N) is 1. The fourth-order valence-electron chi connectivity index (χ4n) is 3.08. The van der Waals surface area contributed by atoms with Gasteiger partial charge in [0.15, 0.2) is 0 Å². The molecule has 0 radical (unpaired) electrons. The van der Waals surface area contributed by atoms with Gasteiger partial charge in [0, 0.05) is 23.5 Å². The van der Waals surface area contributed by atoms with E-state index in [0.717, 1.165) is 35.7 Å². The van der Waals surface area contributed by atoms with Crippen LogP contribution in [0, 0.1) is 0 Å². The van der Waals surface area contributed by atoms with Crippen LogP contribution in [0.15, 0.2) is 24.3 Å². The zero-order chi connectivity index (χ0) is 19.4. The van der Waals surface area contributed by atoms with Crippen LogP contribution in [-0.2, 0) is 17.7 Å². The zero-order valence-electron chi connectivity index (χ0n) is 16.2. The smallest absolute Gasteiger partial charge is 0.341 e. The predicted octanol–water partition coefficient (Wildman–Crippen LogP) is 3.99. The maximum Gasteiger partial charge on any atom is 0.341 e. The van der Waals surface area contributed by atoms with Crippen LogP contribution in [0.1, 0.15) is 45.0 Å². The number of likely N-dealkylation sites (N-methyl/N-ethyl adjacent to an activating group) is 1. The summed E-state index contributed by atoms with van der Waals surface area (Å²) < 4.78 is 10.6. The van der Waals surface area contributed by atoms with E-state index in [1.54, 1.807) is 31.2 Å². The Morgan fingerprint density at radius 3 is 2.54 bits per heavy atom. The van der Waals surface area contributed by atoms with Gasteiger partial charge in [0.1, 0.15) is 10.8 Å². The number of carbonyl (C=O) groups is 2. The number of carbonyl (C=O) groups excluding carboxylic acids is 2. The molecule has 0 saturated heterocycles. The Kier molecular flexibility index (Phi) is 7.86. The molecule has 0 atom stereocenters. The monoisotopic (exact) mass is 424 g/mol. The van der Waals surface area contributed by atoms with Gasteiger partial charge >= 0.3 is 5.97 Å². The number of rotatable bonds is 6. The SMILES string of the molecule is CCOC(=O)c1c(NC(=O)c2ccc(OCC)cc2)sc2c1CCN(C)C2.Cl. The summed E-state index contributed by atoms with van der Waals surface area (Å²) in [6.45, 7) is 6.21. The standard InChI is InChI=1S/C20H24N2O4S.ClH/c1-4-25-14-8-6-13(7-9-14)18(23)21-19-17(20(24)26-5-2)15-10-11-22(3)12-16(15)27-19;/h6-9H,4-5,10-12H2,1-3H3,(H,21,23);1H. The van der Waals surface area contributed by atoms with Crippen molar-refractivity contribution in [1.29, 1.82) is 0 Å². The second-order valence-corrected chi connectivity index (χ2v) is 7.43. The van der Waals surface area contributed by atoms with Gasteiger partial charge in [-0.25, -0.2) is 4.79 Å². The molecule has 152 valence electrons. The maximum atomic E-state index is 12.7. The number of anilines is 1. The minimum atomic E-state index is -0.374. The Hall–Kier alpha value is -2.09. The van der Waals surface area contributed by atoms with Crippen LogP contribution in [0.5, 0.6) is 5.75 Å². The first-order valence-corrected chi connectivity index (χ1v) is 9.89. The molecule has 0 aliphatic carbocycles. The number of hydrogen-bond acceptors (Lipinski definition) is 6. The molecule has 28 heavy (non-hydrogen) atoms. The summed E-state index contributed by atoms with van der Waals surface area (Å²) >= 11 is 1.46. The lowest BCUT2D eigenvalue weighted by molar-refractivity contribution is 0.0526. The fourth-order valence-corrected chi connectivity index (χ4v) is 4.39. The Morgan fingerprint density at radius 1 is 1.18 bits per heavy atom. The molecule has 1 N–H and O–H groups in total. The lowest BCUT2D eigenvalue weighted by atomic mass is 10.0. The maximum absolute atomic E-state index is 12.7. The number of ether oxygens (including phenoxy) is 2. The third-order valence-corrected chi connectivity index (χ3v) is 5.51. The molecule has 0 spiro atoms. The van der Waals surface area contributed by atoms with Crippen molar-refractivity contribution in [1.82, 2.24) is 4.90 Å². The molecule has 1 amide bonds. The normalized spacial score (nSPS) is 13.2. The van der Waals surface area contributed by atoms with Gasteiger partial charge in [0.2, 0.25) is 0 Å². The van der Waals surface area contributed by atoms with E-state index in [0.29, 0.717) is 29.3 Å².